The van der Waals surface area contributed by atoms with Crippen molar-refractivity contribution in [3.05, 3.63) is 147 Å². The molecule has 3 aliphatic rings. The smallest absolute Gasteiger partial charge is 0.493 e. The number of hydrogen-bond donors (Lipinski definition) is 0. The molecule has 1 heterocycles. The zero-order valence-electron chi connectivity index (χ0n) is 22.8. The van der Waals surface area contributed by atoms with Gasteiger partial charge in [0.05, 0.1) is 20.3 Å². The van der Waals surface area contributed by atoms with Crippen molar-refractivity contribution in [1.29, 1.82) is 0 Å². The Labute approximate surface area is 252 Å². The topological polar surface area (TPSA) is 40.0 Å². The summed E-state index contributed by atoms with van der Waals surface area (Å²) in [6.45, 7) is 2.62. The van der Waals surface area contributed by atoms with Crippen molar-refractivity contribution < 1.29 is 31.3 Å². The number of ether oxygens (including phenoxy) is 3. The number of methoxy groups -OCH3 is 2. The summed E-state index contributed by atoms with van der Waals surface area (Å²) in [5, 5.41) is 2.66. The van der Waals surface area contributed by atoms with Crippen LogP contribution in [0, 0.1) is 62.9 Å². The summed E-state index contributed by atoms with van der Waals surface area (Å²) < 4.78 is 17.0. The molecule has 6 heteroatoms. The number of aliphatic imine (C=N–C) groups is 1. The van der Waals surface area contributed by atoms with E-state index in [0.29, 0.717) is 24.0 Å². The number of benzene rings is 3. The first-order chi connectivity index (χ1) is 19.2. The fraction of sp³-hybridized carbons (Fsp3) is 0.147. The van der Waals surface area contributed by atoms with Crippen LogP contribution >= 0.6 is 7.92 Å². The Morgan fingerprint density at radius 3 is 1.85 bits per heavy atom. The van der Waals surface area contributed by atoms with E-state index in [1.807, 2.05) is 44.2 Å². The van der Waals surface area contributed by atoms with E-state index in [0.717, 1.165) is 11.1 Å². The standard InChI is InChI=1S/C29H27NO3P.C5H5.Fe/c1-20(30-29-25-18-27(32-3)26(31-2)17-21(25)19-33-29)24-15-10-16-28(24)34(22-11-6-4-7-12-22)23-13-8-5-9-14-23;1-2-4-5-3-1;/h4-18,20H,19H2,1-3H3;1-5H;/q;;+2/t20-;;/m1../s1. The van der Waals surface area contributed by atoms with Crippen molar-refractivity contribution in [1.82, 2.24) is 0 Å². The number of nitrogens with zero attached hydrogens (tertiary/aromatic N) is 1. The van der Waals surface area contributed by atoms with Gasteiger partial charge in [-0.1, -0.05) is 60.7 Å². The Hall–Kier alpha value is -2.32. The molecule has 1 atom stereocenters. The van der Waals surface area contributed by atoms with E-state index in [9.17, 15) is 0 Å². The van der Waals surface area contributed by atoms with Gasteiger partial charge in [0.15, 0.2) is 11.5 Å². The quantitative estimate of drug-likeness (QED) is 0.242. The van der Waals surface area contributed by atoms with Crippen LogP contribution in [0.2, 0.25) is 0 Å². The molecule has 202 valence electrons. The first kappa shape index (κ1) is 30.6. The number of hydrogen-bond acceptors (Lipinski definition) is 4. The molecule has 4 nitrogen and oxygen atoms in total. The third kappa shape index (κ3) is 7.11. The Kier molecular flexibility index (Phi) is 11.5. The number of rotatable bonds is 7. The minimum atomic E-state index is -0.694. The van der Waals surface area contributed by atoms with E-state index in [-0.39, 0.29) is 23.1 Å². The molecule has 0 saturated heterocycles. The molecule has 0 amide bonds. The molecule has 2 fully saturated rings. The van der Waals surface area contributed by atoms with Crippen molar-refractivity contribution in [3.63, 3.8) is 0 Å². The minimum Gasteiger partial charge on any atom is -0.493 e. The van der Waals surface area contributed by atoms with Gasteiger partial charge >= 0.3 is 17.1 Å². The summed E-state index contributed by atoms with van der Waals surface area (Å²) in [6, 6.07) is 25.4. The van der Waals surface area contributed by atoms with Crippen molar-refractivity contribution in [3.8, 4) is 11.5 Å². The average Bonchev–Trinajstić information content (AvgIpc) is 3.78. The Morgan fingerprint density at radius 1 is 0.750 bits per heavy atom. The maximum atomic E-state index is 6.00. The maximum absolute atomic E-state index is 6.00. The Morgan fingerprint density at radius 2 is 1.30 bits per heavy atom. The normalized spacial score (nSPS) is 18.4. The summed E-state index contributed by atoms with van der Waals surface area (Å²) in [4.78, 5) is 5.03. The Bertz CT molecular complexity index is 1190. The molecule has 0 bridgehead atoms. The summed E-state index contributed by atoms with van der Waals surface area (Å²) >= 11 is 0. The van der Waals surface area contributed by atoms with Gasteiger partial charge in [0.1, 0.15) is 6.61 Å². The summed E-state index contributed by atoms with van der Waals surface area (Å²) in [5.41, 5.74) is 3.35. The van der Waals surface area contributed by atoms with Crippen LogP contribution < -0.4 is 20.1 Å². The first-order valence-electron chi connectivity index (χ1n) is 13.0. The van der Waals surface area contributed by atoms with Crippen molar-refractivity contribution in [2.45, 2.75) is 19.6 Å². The predicted molar refractivity (Wildman–Crippen MR) is 160 cm³/mol. The van der Waals surface area contributed by atoms with Crippen LogP contribution in [0.4, 0.5) is 0 Å². The van der Waals surface area contributed by atoms with Crippen molar-refractivity contribution in [2.75, 3.05) is 14.2 Å². The van der Waals surface area contributed by atoms with Gasteiger partial charge in [-0.3, -0.25) is 0 Å². The second kappa shape index (κ2) is 15.1. The molecule has 3 aromatic rings. The molecule has 1 aliphatic heterocycles. The SMILES string of the molecule is COc1cc2c(cc1OC)C(=N[C@H](C)[C]1[CH][CH][CH][C]1P(c1ccccc1)c1ccccc1)OC2.[CH]1[CH][CH][CH][CH]1.[Fe+2]. The summed E-state index contributed by atoms with van der Waals surface area (Å²) in [5.74, 6) is 3.26. The van der Waals surface area contributed by atoms with Crippen molar-refractivity contribution >= 4 is 24.4 Å². The second-order valence-electron chi connectivity index (χ2n) is 9.10. The van der Waals surface area contributed by atoms with Gasteiger partial charge in [-0.2, -0.15) is 0 Å². The van der Waals surface area contributed by atoms with E-state index in [1.165, 1.54) is 22.2 Å². The van der Waals surface area contributed by atoms with Gasteiger partial charge < -0.3 is 14.2 Å². The van der Waals surface area contributed by atoms with Crippen LogP contribution in [0.5, 0.6) is 11.5 Å². The summed E-state index contributed by atoms with van der Waals surface area (Å²) in [7, 11) is 2.59. The molecular formula is C34H32FeNO3P+2. The van der Waals surface area contributed by atoms with Gasteiger partial charge in [-0.15, -0.1) is 0 Å². The van der Waals surface area contributed by atoms with E-state index in [2.05, 4.69) is 86.8 Å². The molecule has 0 aromatic heterocycles. The van der Waals surface area contributed by atoms with Gasteiger partial charge in [0.25, 0.3) is 0 Å². The van der Waals surface area contributed by atoms with Gasteiger partial charge in [0.2, 0.25) is 5.90 Å². The van der Waals surface area contributed by atoms with E-state index in [1.54, 1.807) is 14.2 Å². The molecule has 0 unspecified atom stereocenters. The fourth-order valence-electron chi connectivity index (χ4n) is 4.70. The fourth-order valence-corrected chi connectivity index (χ4v) is 7.25. The van der Waals surface area contributed by atoms with E-state index >= 15 is 0 Å². The molecular weight excluding hydrogens is 557 g/mol. The monoisotopic (exact) mass is 589 g/mol. The molecule has 10 radical (unpaired) electrons. The average molecular weight is 589 g/mol. The van der Waals surface area contributed by atoms with E-state index in [4.69, 9.17) is 19.2 Å². The van der Waals surface area contributed by atoms with Crippen LogP contribution in [-0.4, -0.2) is 26.2 Å². The molecule has 3 aromatic carbocycles. The van der Waals surface area contributed by atoms with Crippen LogP contribution in [-0.2, 0) is 28.4 Å². The van der Waals surface area contributed by atoms with Crippen LogP contribution in [0.3, 0.4) is 0 Å². The Balaban J connectivity index is 0.000000557. The third-order valence-electron chi connectivity index (χ3n) is 6.62. The maximum Gasteiger partial charge on any atom is 2.00 e. The molecule has 2 saturated carbocycles. The largest absolute Gasteiger partial charge is 2.00 e. The van der Waals surface area contributed by atoms with Crippen LogP contribution in [0.25, 0.3) is 0 Å². The van der Waals surface area contributed by atoms with Gasteiger partial charge in [-0.25, -0.2) is 4.99 Å². The third-order valence-corrected chi connectivity index (χ3v) is 9.13. The number of fused-ring (bicyclic) bond motifs is 1. The molecule has 0 spiro atoms. The van der Waals surface area contributed by atoms with E-state index < -0.39 is 7.92 Å². The minimum absolute atomic E-state index is 0. The second-order valence-corrected chi connectivity index (χ2v) is 11.3. The zero-order chi connectivity index (χ0) is 27.0. The zero-order valence-corrected chi connectivity index (χ0v) is 24.8. The molecule has 0 N–H and O–H groups in total. The first-order valence-corrected chi connectivity index (χ1v) is 14.3. The predicted octanol–water partition coefficient (Wildman–Crippen LogP) is 6.25. The molecule has 6 rings (SSSR count). The summed E-state index contributed by atoms with van der Waals surface area (Å²) in [6.07, 6.45) is 16.6. The molecule has 2 aliphatic carbocycles. The van der Waals surface area contributed by atoms with Crippen LogP contribution in [0.15, 0.2) is 77.8 Å². The van der Waals surface area contributed by atoms with Gasteiger partial charge in [0, 0.05) is 22.7 Å². The van der Waals surface area contributed by atoms with Crippen LogP contribution in [0.1, 0.15) is 18.1 Å². The van der Waals surface area contributed by atoms with Gasteiger partial charge in [-0.05, 0) is 89.0 Å². The van der Waals surface area contributed by atoms with Crippen molar-refractivity contribution in [2.24, 2.45) is 4.99 Å². The molecule has 40 heavy (non-hydrogen) atoms.